The zero-order chi connectivity index (χ0) is 14.4. The molecule has 0 heterocycles. The van der Waals surface area contributed by atoms with Crippen LogP contribution in [-0.4, -0.2) is 38.2 Å². The highest BCUT2D eigenvalue weighted by atomic mass is 16.5. The molecule has 0 spiro atoms. The third-order valence-corrected chi connectivity index (χ3v) is 3.21. The van der Waals surface area contributed by atoms with Crippen molar-refractivity contribution < 1.29 is 14.3 Å². The van der Waals surface area contributed by atoms with E-state index in [-0.39, 0.29) is 5.97 Å². The molecule has 0 amide bonds. The molecule has 106 valence electrons. The van der Waals surface area contributed by atoms with Crippen molar-refractivity contribution in [2.24, 2.45) is 0 Å². The molecule has 0 aliphatic rings. The van der Waals surface area contributed by atoms with E-state index in [1.165, 1.54) is 11.1 Å². The van der Waals surface area contributed by atoms with Crippen molar-refractivity contribution in [1.82, 2.24) is 4.90 Å². The summed E-state index contributed by atoms with van der Waals surface area (Å²) in [5.41, 5.74) is 3.55. The first-order chi connectivity index (χ1) is 8.99. The summed E-state index contributed by atoms with van der Waals surface area (Å²) in [7, 11) is 3.59. The molecular weight excluding hydrogens is 242 g/mol. The number of methoxy groups -OCH3 is 1. The van der Waals surface area contributed by atoms with Gasteiger partial charge >= 0.3 is 5.97 Å². The molecule has 0 N–H and O–H groups in total. The van der Waals surface area contributed by atoms with E-state index in [1.54, 1.807) is 7.11 Å². The van der Waals surface area contributed by atoms with Crippen molar-refractivity contribution >= 4 is 5.97 Å². The minimum absolute atomic E-state index is 0.187. The number of ether oxygens (including phenoxy) is 2. The van der Waals surface area contributed by atoms with Gasteiger partial charge in [-0.05, 0) is 50.6 Å². The Balaban J connectivity index is 2.72. The van der Waals surface area contributed by atoms with Crippen molar-refractivity contribution in [3.05, 3.63) is 28.8 Å². The van der Waals surface area contributed by atoms with Crippen LogP contribution >= 0.6 is 0 Å². The van der Waals surface area contributed by atoms with E-state index in [0.29, 0.717) is 13.2 Å². The molecule has 4 nitrogen and oxygen atoms in total. The zero-order valence-electron chi connectivity index (χ0n) is 12.4. The number of carbonyl (C=O) groups excluding carboxylic acids is 1. The second kappa shape index (κ2) is 7.14. The van der Waals surface area contributed by atoms with E-state index in [2.05, 4.69) is 6.92 Å². The van der Waals surface area contributed by atoms with Gasteiger partial charge in [-0.2, -0.15) is 0 Å². The lowest BCUT2D eigenvalue weighted by Gasteiger charge is -2.19. The first-order valence-corrected chi connectivity index (χ1v) is 6.46. The van der Waals surface area contributed by atoms with E-state index in [9.17, 15) is 4.79 Å². The first-order valence-electron chi connectivity index (χ1n) is 6.46. The standard InChI is InChI=1S/C15H23NO3/c1-6-19-15(17)10-16(4)9-13-7-8-14(18-5)12(3)11(13)2/h7-8H,6,9-10H2,1-5H3. The SMILES string of the molecule is CCOC(=O)CN(C)Cc1ccc(OC)c(C)c1C. The minimum atomic E-state index is -0.187. The maximum Gasteiger partial charge on any atom is 0.320 e. The van der Waals surface area contributed by atoms with Crippen molar-refractivity contribution in [3.63, 3.8) is 0 Å². The number of likely N-dealkylation sites (N-methyl/N-ethyl adjacent to an activating group) is 1. The molecule has 1 aromatic rings. The fraction of sp³-hybridized carbons (Fsp3) is 0.533. The highest BCUT2D eigenvalue weighted by molar-refractivity contribution is 5.71. The van der Waals surface area contributed by atoms with Gasteiger partial charge in [0.25, 0.3) is 0 Å². The Morgan fingerprint density at radius 3 is 2.53 bits per heavy atom. The smallest absolute Gasteiger partial charge is 0.320 e. The summed E-state index contributed by atoms with van der Waals surface area (Å²) in [4.78, 5) is 13.4. The summed E-state index contributed by atoms with van der Waals surface area (Å²) in [6.45, 7) is 7.38. The molecule has 0 unspecified atom stereocenters. The number of hydrogen-bond donors (Lipinski definition) is 0. The highest BCUT2D eigenvalue weighted by Gasteiger charge is 2.11. The third-order valence-electron chi connectivity index (χ3n) is 3.21. The number of esters is 1. The van der Waals surface area contributed by atoms with Gasteiger partial charge in [-0.25, -0.2) is 0 Å². The molecule has 0 radical (unpaired) electrons. The molecule has 0 saturated heterocycles. The summed E-state index contributed by atoms with van der Waals surface area (Å²) < 4.78 is 10.2. The Hall–Kier alpha value is -1.55. The number of rotatable bonds is 6. The van der Waals surface area contributed by atoms with Crippen LogP contribution in [0.15, 0.2) is 12.1 Å². The monoisotopic (exact) mass is 265 g/mol. The van der Waals surface area contributed by atoms with Gasteiger partial charge < -0.3 is 9.47 Å². The maximum absolute atomic E-state index is 11.4. The van der Waals surface area contributed by atoms with Crippen LogP contribution in [-0.2, 0) is 16.1 Å². The van der Waals surface area contributed by atoms with E-state index < -0.39 is 0 Å². The van der Waals surface area contributed by atoms with Gasteiger partial charge in [0.05, 0.1) is 20.3 Å². The highest BCUT2D eigenvalue weighted by Crippen LogP contribution is 2.24. The van der Waals surface area contributed by atoms with Crippen LogP contribution in [0.25, 0.3) is 0 Å². The van der Waals surface area contributed by atoms with Crippen LogP contribution in [0.1, 0.15) is 23.6 Å². The van der Waals surface area contributed by atoms with Crippen LogP contribution in [0, 0.1) is 13.8 Å². The molecular formula is C15H23NO3. The van der Waals surface area contributed by atoms with Gasteiger partial charge in [0, 0.05) is 6.54 Å². The predicted octanol–water partition coefficient (Wildman–Crippen LogP) is 2.31. The van der Waals surface area contributed by atoms with E-state index in [4.69, 9.17) is 9.47 Å². The Morgan fingerprint density at radius 2 is 1.95 bits per heavy atom. The quantitative estimate of drug-likeness (QED) is 0.740. The number of hydrogen-bond acceptors (Lipinski definition) is 4. The van der Waals surface area contributed by atoms with Gasteiger partial charge in [-0.3, -0.25) is 9.69 Å². The summed E-state index contributed by atoms with van der Waals surface area (Å²) in [5, 5.41) is 0. The molecule has 4 heteroatoms. The van der Waals surface area contributed by atoms with E-state index in [1.807, 2.05) is 37.9 Å². The molecule has 19 heavy (non-hydrogen) atoms. The van der Waals surface area contributed by atoms with Crippen LogP contribution in [0.2, 0.25) is 0 Å². The largest absolute Gasteiger partial charge is 0.496 e. The second-order valence-corrected chi connectivity index (χ2v) is 4.65. The lowest BCUT2D eigenvalue weighted by molar-refractivity contribution is -0.144. The fourth-order valence-corrected chi connectivity index (χ4v) is 2.02. The van der Waals surface area contributed by atoms with Crippen LogP contribution in [0.3, 0.4) is 0 Å². The molecule has 0 fully saturated rings. The Bertz CT molecular complexity index is 443. The van der Waals surface area contributed by atoms with Gasteiger partial charge in [0.1, 0.15) is 5.75 Å². The molecule has 0 bridgehead atoms. The van der Waals surface area contributed by atoms with Gasteiger partial charge in [-0.15, -0.1) is 0 Å². The average molecular weight is 265 g/mol. The van der Waals surface area contributed by atoms with Gasteiger partial charge in [0.15, 0.2) is 0 Å². The molecule has 0 atom stereocenters. The van der Waals surface area contributed by atoms with Gasteiger partial charge in [0.2, 0.25) is 0 Å². The molecule has 0 aliphatic heterocycles. The van der Waals surface area contributed by atoms with Crippen molar-refractivity contribution in [2.75, 3.05) is 27.3 Å². The zero-order valence-corrected chi connectivity index (χ0v) is 12.4. The summed E-state index contributed by atoms with van der Waals surface area (Å²) in [6.07, 6.45) is 0. The average Bonchev–Trinajstić information content (AvgIpc) is 2.35. The second-order valence-electron chi connectivity index (χ2n) is 4.65. The van der Waals surface area contributed by atoms with Crippen molar-refractivity contribution in [3.8, 4) is 5.75 Å². The van der Waals surface area contributed by atoms with Crippen LogP contribution in [0.5, 0.6) is 5.75 Å². The molecule has 0 aromatic heterocycles. The molecule has 1 aromatic carbocycles. The maximum atomic E-state index is 11.4. The fourth-order valence-electron chi connectivity index (χ4n) is 2.02. The summed E-state index contributed by atoms with van der Waals surface area (Å²) >= 11 is 0. The van der Waals surface area contributed by atoms with Crippen LogP contribution in [0.4, 0.5) is 0 Å². The summed E-state index contributed by atoms with van der Waals surface area (Å²) in [5.74, 6) is 0.710. The third kappa shape index (κ3) is 4.24. The van der Waals surface area contributed by atoms with E-state index >= 15 is 0 Å². The van der Waals surface area contributed by atoms with Crippen molar-refractivity contribution in [1.29, 1.82) is 0 Å². The van der Waals surface area contributed by atoms with E-state index in [0.717, 1.165) is 17.9 Å². The number of carbonyl (C=O) groups is 1. The summed E-state index contributed by atoms with van der Waals surface area (Å²) in [6, 6.07) is 4.01. The molecule has 0 aliphatic carbocycles. The number of benzene rings is 1. The molecule has 1 rings (SSSR count). The Kier molecular flexibility index (Phi) is 5.83. The van der Waals surface area contributed by atoms with Crippen LogP contribution < -0.4 is 4.74 Å². The van der Waals surface area contributed by atoms with Gasteiger partial charge in [-0.1, -0.05) is 6.07 Å². The first kappa shape index (κ1) is 15.5. The predicted molar refractivity (Wildman–Crippen MR) is 75.4 cm³/mol. The lowest BCUT2D eigenvalue weighted by Crippen LogP contribution is -2.27. The Labute approximate surface area is 115 Å². The van der Waals surface area contributed by atoms with Crippen molar-refractivity contribution in [2.45, 2.75) is 27.3 Å². The Morgan fingerprint density at radius 1 is 1.26 bits per heavy atom. The minimum Gasteiger partial charge on any atom is -0.496 e. The lowest BCUT2D eigenvalue weighted by atomic mass is 10.0. The normalized spacial score (nSPS) is 10.6. The molecule has 0 saturated carbocycles. The number of nitrogens with zero attached hydrogens (tertiary/aromatic N) is 1. The topological polar surface area (TPSA) is 38.8 Å².